The molecule has 3 fully saturated rings. The summed E-state index contributed by atoms with van der Waals surface area (Å²) < 4.78 is 5.56. The first-order valence-electron chi connectivity index (χ1n) is 11.3. The molecule has 0 aromatic rings. The van der Waals surface area contributed by atoms with Gasteiger partial charge in [0, 0.05) is 20.0 Å². The second kappa shape index (κ2) is 6.90. The fourth-order valence-electron chi connectivity index (χ4n) is 8.07. The lowest BCUT2D eigenvalue weighted by Crippen LogP contribution is -2.51. The minimum Gasteiger partial charge on any atom is -0.462 e. The largest absolute Gasteiger partial charge is 0.462 e. The van der Waals surface area contributed by atoms with Crippen LogP contribution in [0, 0.1) is 40.4 Å². The molecule has 3 heteroatoms. The van der Waals surface area contributed by atoms with Gasteiger partial charge in [-0.05, 0) is 85.4 Å². The molecule has 0 heterocycles. The van der Waals surface area contributed by atoms with Gasteiger partial charge in [0.15, 0.2) is 0 Å². The highest BCUT2D eigenvalue weighted by Gasteiger charge is 2.59. The van der Waals surface area contributed by atoms with E-state index in [1.807, 2.05) is 0 Å². The van der Waals surface area contributed by atoms with Crippen LogP contribution in [0.4, 0.5) is 0 Å². The number of rotatable bonds is 3. The zero-order valence-corrected chi connectivity index (χ0v) is 17.7. The number of aliphatic hydroxyl groups excluding tert-OH is 1. The Morgan fingerprint density at radius 3 is 2.70 bits per heavy atom. The molecule has 0 saturated heterocycles. The Kier molecular flexibility index (Phi) is 4.98. The Morgan fingerprint density at radius 1 is 1.22 bits per heavy atom. The summed E-state index contributed by atoms with van der Waals surface area (Å²) in [5.74, 6) is 3.39. The second-order valence-electron chi connectivity index (χ2n) is 10.6. The molecule has 8 atom stereocenters. The van der Waals surface area contributed by atoms with Gasteiger partial charge in [0.05, 0.1) is 0 Å². The standard InChI is InChI=1S/C24H38O3/c1-15(14-25)20-7-8-21-19-6-5-17-13-18(27-16(2)26)9-11-23(17,3)22(19)10-12-24(20,21)4/h5,15,18-22,25H,6-14H2,1-4H3. The summed E-state index contributed by atoms with van der Waals surface area (Å²) in [5.41, 5.74) is 2.30. The average Bonchev–Trinajstić information content (AvgIpc) is 2.98. The lowest BCUT2D eigenvalue weighted by atomic mass is 9.47. The summed E-state index contributed by atoms with van der Waals surface area (Å²) in [7, 11) is 0. The van der Waals surface area contributed by atoms with E-state index in [0.717, 1.165) is 37.0 Å². The Morgan fingerprint density at radius 2 is 2.00 bits per heavy atom. The molecular weight excluding hydrogens is 336 g/mol. The zero-order chi connectivity index (χ0) is 19.4. The van der Waals surface area contributed by atoms with Gasteiger partial charge < -0.3 is 9.84 Å². The number of ether oxygens (including phenoxy) is 1. The van der Waals surface area contributed by atoms with Crippen molar-refractivity contribution in [3.05, 3.63) is 11.6 Å². The van der Waals surface area contributed by atoms with Gasteiger partial charge in [-0.3, -0.25) is 4.79 Å². The quantitative estimate of drug-likeness (QED) is 0.550. The van der Waals surface area contributed by atoms with Crippen molar-refractivity contribution in [3.8, 4) is 0 Å². The predicted molar refractivity (Wildman–Crippen MR) is 107 cm³/mol. The van der Waals surface area contributed by atoms with Crippen molar-refractivity contribution >= 4 is 5.97 Å². The van der Waals surface area contributed by atoms with E-state index in [2.05, 4.69) is 26.8 Å². The molecule has 0 aliphatic heterocycles. The van der Waals surface area contributed by atoms with Crippen LogP contribution >= 0.6 is 0 Å². The first-order chi connectivity index (χ1) is 12.8. The van der Waals surface area contributed by atoms with Crippen LogP contribution in [-0.4, -0.2) is 23.8 Å². The summed E-state index contributed by atoms with van der Waals surface area (Å²) in [6.45, 7) is 9.16. The molecule has 0 radical (unpaired) electrons. The van der Waals surface area contributed by atoms with Crippen molar-refractivity contribution in [2.24, 2.45) is 40.4 Å². The second-order valence-corrected chi connectivity index (χ2v) is 10.6. The maximum Gasteiger partial charge on any atom is 0.302 e. The van der Waals surface area contributed by atoms with E-state index in [-0.39, 0.29) is 12.1 Å². The molecule has 0 spiro atoms. The zero-order valence-electron chi connectivity index (χ0n) is 17.7. The van der Waals surface area contributed by atoms with E-state index in [1.54, 1.807) is 5.57 Å². The van der Waals surface area contributed by atoms with Gasteiger partial charge in [0.25, 0.3) is 0 Å². The van der Waals surface area contributed by atoms with Crippen LogP contribution in [0.1, 0.15) is 79.1 Å². The normalized spacial score (nSPS) is 47.3. The smallest absolute Gasteiger partial charge is 0.302 e. The summed E-state index contributed by atoms with van der Waals surface area (Å²) >= 11 is 0. The van der Waals surface area contributed by atoms with Crippen molar-refractivity contribution in [3.63, 3.8) is 0 Å². The van der Waals surface area contributed by atoms with E-state index in [0.29, 0.717) is 29.3 Å². The van der Waals surface area contributed by atoms with E-state index in [9.17, 15) is 9.90 Å². The lowest BCUT2D eigenvalue weighted by Gasteiger charge is -2.58. The molecule has 4 aliphatic carbocycles. The van der Waals surface area contributed by atoms with Crippen LogP contribution in [0.25, 0.3) is 0 Å². The van der Waals surface area contributed by atoms with Crippen molar-refractivity contribution in [1.29, 1.82) is 0 Å². The van der Waals surface area contributed by atoms with Gasteiger partial charge in [-0.2, -0.15) is 0 Å². The highest BCUT2D eigenvalue weighted by Crippen LogP contribution is 2.67. The summed E-state index contributed by atoms with van der Waals surface area (Å²) in [6, 6.07) is 0. The number of carbonyl (C=O) groups excluding carboxylic acids is 1. The van der Waals surface area contributed by atoms with Gasteiger partial charge in [-0.25, -0.2) is 0 Å². The van der Waals surface area contributed by atoms with Crippen LogP contribution in [0.15, 0.2) is 11.6 Å². The SMILES string of the molecule is CC(=O)OC1CCC2(C)C(=CCC3C2CCC2(C)C(C(C)CO)CCC32)C1. The Bertz CT molecular complexity index is 625. The molecule has 0 amide bonds. The summed E-state index contributed by atoms with van der Waals surface area (Å²) in [6.07, 6.45) is 12.3. The van der Waals surface area contributed by atoms with Gasteiger partial charge in [0.1, 0.15) is 6.10 Å². The molecular formula is C24H38O3. The van der Waals surface area contributed by atoms with Crippen molar-refractivity contribution in [2.45, 2.75) is 85.2 Å². The average molecular weight is 375 g/mol. The molecule has 1 N–H and O–H groups in total. The topological polar surface area (TPSA) is 46.5 Å². The molecule has 27 heavy (non-hydrogen) atoms. The molecule has 3 saturated carbocycles. The van der Waals surface area contributed by atoms with Gasteiger partial charge in [-0.1, -0.05) is 32.4 Å². The van der Waals surface area contributed by atoms with Gasteiger partial charge in [0.2, 0.25) is 0 Å². The molecule has 0 aromatic heterocycles. The summed E-state index contributed by atoms with van der Waals surface area (Å²) in [4.78, 5) is 11.4. The maximum atomic E-state index is 11.4. The number of hydrogen-bond acceptors (Lipinski definition) is 3. The third kappa shape index (κ3) is 2.99. The number of allylic oxidation sites excluding steroid dienone is 1. The van der Waals surface area contributed by atoms with Crippen LogP contribution in [0.5, 0.6) is 0 Å². The van der Waals surface area contributed by atoms with E-state index in [1.165, 1.54) is 39.0 Å². The minimum atomic E-state index is -0.138. The maximum absolute atomic E-state index is 11.4. The Balaban J connectivity index is 1.56. The highest BCUT2D eigenvalue weighted by atomic mass is 16.5. The number of aliphatic hydroxyl groups is 1. The van der Waals surface area contributed by atoms with Gasteiger partial charge in [-0.15, -0.1) is 0 Å². The monoisotopic (exact) mass is 374 g/mol. The molecule has 0 bridgehead atoms. The number of esters is 1. The van der Waals surface area contributed by atoms with Crippen LogP contribution in [0.2, 0.25) is 0 Å². The number of hydrogen-bond donors (Lipinski definition) is 1. The third-order valence-corrected chi connectivity index (χ3v) is 9.44. The van der Waals surface area contributed by atoms with Crippen molar-refractivity contribution in [1.82, 2.24) is 0 Å². The minimum absolute atomic E-state index is 0.0912. The lowest BCUT2D eigenvalue weighted by molar-refractivity contribution is -0.148. The third-order valence-electron chi connectivity index (χ3n) is 9.44. The number of fused-ring (bicyclic) bond motifs is 5. The van der Waals surface area contributed by atoms with E-state index >= 15 is 0 Å². The predicted octanol–water partition coefficient (Wildman–Crippen LogP) is 5.13. The molecule has 0 aromatic carbocycles. The Labute approximate surface area is 164 Å². The van der Waals surface area contributed by atoms with E-state index < -0.39 is 0 Å². The first-order valence-corrected chi connectivity index (χ1v) is 11.3. The molecule has 8 unspecified atom stereocenters. The fraction of sp³-hybridized carbons (Fsp3) is 0.875. The summed E-state index contributed by atoms with van der Waals surface area (Å²) in [5, 5.41) is 9.77. The van der Waals surface area contributed by atoms with Gasteiger partial charge >= 0.3 is 5.97 Å². The van der Waals surface area contributed by atoms with E-state index in [4.69, 9.17) is 4.74 Å². The molecule has 4 rings (SSSR count). The van der Waals surface area contributed by atoms with Crippen LogP contribution in [0.3, 0.4) is 0 Å². The van der Waals surface area contributed by atoms with Crippen LogP contribution in [-0.2, 0) is 9.53 Å². The first kappa shape index (κ1) is 19.5. The van der Waals surface area contributed by atoms with Crippen LogP contribution < -0.4 is 0 Å². The van der Waals surface area contributed by atoms with Crippen molar-refractivity contribution in [2.75, 3.05) is 6.61 Å². The Hall–Kier alpha value is -0.830. The molecule has 3 nitrogen and oxygen atoms in total. The van der Waals surface area contributed by atoms with Crippen molar-refractivity contribution < 1.29 is 14.6 Å². The number of carbonyl (C=O) groups is 1. The molecule has 4 aliphatic rings. The molecule has 152 valence electrons. The fourth-order valence-corrected chi connectivity index (χ4v) is 8.07. The highest BCUT2D eigenvalue weighted by molar-refractivity contribution is 5.66.